The highest BCUT2D eigenvalue weighted by atomic mass is 14.9. The zero-order chi connectivity index (χ0) is 12.4. The van der Waals surface area contributed by atoms with Gasteiger partial charge in [0, 0.05) is 12.1 Å². The standard InChI is InChI=1S/C15H24N2/c1-10-7-12(3)14(8-11(10)2)15(16)9-13-5-4-6-17-13/h7-8,13,15,17H,4-6,9,16H2,1-3H3. The monoisotopic (exact) mass is 232 g/mol. The fourth-order valence-corrected chi connectivity index (χ4v) is 2.77. The number of rotatable bonds is 3. The van der Waals surface area contributed by atoms with Gasteiger partial charge >= 0.3 is 0 Å². The molecule has 94 valence electrons. The lowest BCUT2D eigenvalue weighted by molar-refractivity contribution is 0.498. The molecule has 1 aromatic rings. The van der Waals surface area contributed by atoms with Gasteiger partial charge in [0.2, 0.25) is 0 Å². The van der Waals surface area contributed by atoms with Crippen LogP contribution in [0.5, 0.6) is 0 Å². The van der Waals surface area contributed by atoms with E-state index in [-0.39, 0.29) is 6.04 Å². The molecule has 1 aromatic carbocycles. The molecule has 2 rings (SSSR count). The third-order valence-corrected chi connectivity index (χ3v) is 3.98. The molecule has 1 aliphatic rings. The molecular weight excluding hydrogens is 208 g/mol. The summed E-state index contributed by atoms with van der Waals surface area (Å²) in [6, 6.07) is 5.31. The minimum Gasteiger partial charge on any atom is -0.324 e. The highest BCUT2D eigenvalue weighted by Gasteiger charge is 2.19. The Bertz CT molecular complexity index is 392. The van der Waals surface area contributed by atoms with Gasteiger partial charge in [-0.15, -0.1) is 0 Å². The molecule has 1 saturated heterocycles. The van der Waals surface area contributed by atoms with E-state index in [0.29, 0.717) is 6.04 Å². The van der Waals surface area contributed by atoms with Gasteiger partial charge in [-0.1, -0.05) is 12.1 Å². The molecule has 0 amide bonds. The van der Waals surface area contributed by atoms with Crippen LogP contribution in [0.2, 0.25) is 0 Å². The van der Waals surface area contributed by atoms with E-state index in [1.807, 2.05) is 0 Å². The Balaban J connectivity index is 2.12. The first-order valence-corrected chi connectivity index (χ1v) is 6.64. The molecule has 0 bridgehead atoms. The van der Waals surface area contributed by atoms with Gasteiger partial charge in [-0.25, -0.2) is 0 Å². The zero-order valence-corrected chi connectivity index (χ0v) is 11.2. The lowest BCUT2D eigenvalue weighted by Crippen LogP contribution is -2.27. The Hall–Kier alpha value is -0.860. The van der Waals surface area contributed by atoms with Crippen molar-refractivity contribution in [2.45, 2.75) is 52.1 Å². The smallest absolute Gasteiger partial charge is 0.0312 e. The Morgan fingerprint density at radius 3 is 2.59 bits per heavy atom. The van der Waals surface area contributed by atoms with Crippen LogP contribution in [0.15, 0.2) is 12.1 Å². The molecule has 1 heterocycles. The van der Waals surface area contributed by atoms with Crippen LogP contribution in [-0.4, -0.2) is 12.6 Å². The van der Waals surface area contributed by atoms with Crippen molar-refractivity contribution in [3.8, 4) is 0 Å². The molecule has 0 aromatic heterocycles. The quantitative estimate of drug-likeness (QED) is 0.841. The predicted molar refractivity (Wildman–Crippen MR) is 73.2 cm³/mol. The van der Waals surface area contributed by atoms with Crippen LogP contribution >= 0.6 is 0 Å². The molecule has 1 fully saturated rings. The summed E-state index contributed by atoms with van der Waals surface area (Å²) in [7, 11) is 0. The zero-order valence-electron chi connectivity index (χ0n) is 11.2. The van der Waals surface area contributed by atoms with Gasteiger partial charge in [0.1, 0.15) is 0 Å². The number of benzene rings is 1. The van der Waals surface area contributed by atoms with Crippen molar-refractivity contribution in [1.82, 2.24) is 5.32 Å². The summed E-state index contributed by atoms with van der Waals surface area (Å²) in [6.45, 7) is 7.65. The van der Waals surface area contributed by atoms with Crippen molar-refractivity contribution in [3.63, 3.8) is 0 Å². The van der Waals surface area contributed by atoms with Crippen LogP contribution < -0.4 is 11.1 Å². The van der Waals surface area contributed by atoms with Gasteiger partial charge in [0.05, 0.1) is 0 Å². The van der Waals surface area contributed by atoms with Crippen molar-refractivity contribution in [1.29, 1.82) is 0 Å². The minimum absolute atomic E-state index is 0.171. The first-order valence-electron chi connectivity index (χ1n) is 6.64. The molecule has 0 radical (unpaired) electrons. The van der Waals surface area contributed by atoms with E-state index in [0.717, 1.165) is 13.0 Å². The van der Waals surface area contributed by atoms with E-state index in [1.165, 1.54) is 35.1 Å². The Morgan fingerprint density at radius 2 is 1.94 bits per heavy atom. The van der Waals surface area contributed by atoms with Gasteiger partial charge in [-0.3, -0.25) is 0 Å². The maximum Gasteiger partial charge on any atom is 0.0312 e. The maximum absolute atomic E-state index is 6.35. The molecule has 1 aliphatic heterocycles. The van der Waals surface area contributed by atoms with E-state index in [9.17, 15) is 0 Å². The third-order valence-electron chi connectivity index (χ3n) is 3.98. The lowest BCUT2D eigenvalue weighted by Gasteiger charge is -2.20. The van der Waals surface area contributed by atoms with E-state index in [4.69, 9.17) is 5.73 Å². The van der Waals surface area contributed by atoms with E-state index < -0.39 is 0 Å². The average Bonchev–Trinajstić information content (AvgIpc) is 2.76. The molecule has 2 atom stereocenters. The highest BCUT2D eigenvalue weighted by molar-refractivity contribution is 5.38. The fraction of sp³-hybridized carbons (Fsp3) is 0.600. The molecule has 2 heteroatoms. The number of aryl methyl sites for hydroxylation is 3. The molecule has 0 aliphatic carbocycles. The van der Waals surface area contributed by atoms with Crippen LogP contribution in [0.3, 0.4) is 0 Å². The number of nitrogens with two attached hydrogens (primary N) is 1. The number of hydrogen-bond donors (Lipinski definition) is 2. The van der Waals surface area contributed by atoms with Crippen LogP contribution in [-0.2, 0) is 0 Å². The van der Waals surface area contributed by atoms with Crippen molar-refractivity contribution >= 4 is 0 Å². The second-order valence-corrected chi connectivity index (χ2v) is 5.43. The molecule has 17 heavy (non-hydrogen) atoms. The molecule has 0 spiro atoms. The normalized spacial score (nSPS) is 21.8. The summed E-state index contributed by atoms with van der Waals surface area (Å²) < 4.78 is 0. The summed E-state index contributed by atoms with van der Waals surface area (Å²) >= 11 is 0. The van der Waals surface area contributed by atoms with Gasteiger partial charge in [0.25, 0.3) is 0 Å². The van der Waals surface area contributed by atoms with Crippen molar-refractivity contribution < 1.29 is 0 Å². The van der Waals surface area contributed by atoms with Crippen LogP contribution in [0.25, 0.3) is 0 Å². The average molecular weight is 232 g/mol. The predicted octanol–water partition coefficient (Wildman–Crippen LogP) is 2.75. The summed E-state index contributed by atoms with van der Waals surface area (Å²) in [5.74, 6) is 0. The third kappa shape index (κ3) is 2.88. The Morgan fingerprint density at radius 1 is 1.24 bits per heavy atom. The second-order valence-electron chi connectivity index (χ2n) is 5.43. The van der Waals surface area contributed by atoms with Crippen LogP contribution in [0, 0.1) is 20.8 Å². The van der Waals surface area contributed by atoms with E-state index >= 15 is 0 Å². The topological polar surface area (TPSA) is 38.0 Å². The molecule has 2 unspecified atom stereocenters. The molecule has 2 nitrogen and oxygen atoms in total. The van der Waals surface area contributed by atoms with Crippen LogP contribution in [0.4, 0.5) is 0 Å². The van der Waals surface area contributed by atoms with Gasteiger partial charge < -0.3 is 11.1 Å². The number of hydrogen-bond acceptors (Lipinski definition) is 2. The molecule has 3 N–H and O–H groups in total. The first kappa shape index (κ1) is 12.6. The summed E-state index contributed by atoms with van der Waals surface area (Å²) in [4.78, 5) is 0. The van der Waals surface area contributed by atoms with E-state index in [2.05, 4.69) is 38.2 Å². The summed E-state index contributed by atoms with van der Waals surface area (Å²) in [5.41, 5.74) is 11.7. The number of nitrogens with one attached hydrogen (secondary N) is 1. The molecular formula is C15H24N2. The largest absolute Gasteiger partial charge is 0.324 e. The second kappa shape index (κ2) is 5.19. The van der Waals surface area contributed by atoms with E-state index in [1.54, 1.807) is 0 Å². The Kier molecular flexibility index (Phi) is 3.85. The lowest BCUT2D eigenvalue weighted by atomic mass is 9.92. The van der Waals surface area contributed by atoms with Gasteiger partial charge in [-0.05, 0) is 68.8 Å². The van der Waals surface area contributed by atoms with Gasteiger partial charge in [0.15, 0.2) is 0 Å². The molecule has 0 saturated carbocycles. The summed E-state index contributed by atoms with van der Waals surface area (Å²) in [5, 5.41) is 3.52. The van der Waals surface area contributed by atoms with Gasteiger partial charge in [-0.2, -0.15) is 0 Å². The summed E-state index contributed by atoms with van der Waals surface area (Å²) in [6.07, 6.45) is 3.63. The maximum atomic E-state index is 6.35. The fourth-order valence-electron chi connectivity index (χ4n) is 2.77. The SMILES string of the molecule is Cc1cc(C)c(C(N)CC2CCCN2)cc1C. The highest BCUT2D eigenvalue weighted by Crippen LogP contribution is 2.25. The first-order chi connectivity index (χ1) is 8.08. The Labute approximate surface area is 105 Å². The van der Waals surface area contributed by atoms with Crippen molar-refractivity contribution in [2.24, 2.45) is 5.73 Å². The van der Waals surface area contributed by atoms with Crippen molar-refractivity contribution in [3.05, 3.63) is 34.4 Å². The van der Waals surface area contributed by atoms with Crippen molar-refractivity contribution in [2.75, 3.05) is 6.54 Å². The van der Waals surface area contributed by atoms with Crippen LogP contribution in [0.1, 0.15) is 47.6 Å². The minimum atomic E-state index is 0.171.